The molecule has 1 aliphatic heterocycles. The van der Waals surface area contributed by atoms with E-state index in [-0.39, 0.29) is 42.2 Å². The molecule has 0 radical (unpaired) electrons. The Kier molecular flexibility index (Phi) is 7.78. The van der Waals surface area contributed by atoms with Crippen LogP contribution in [-0.2, 0) is 4.79 Å². The monoisotopic (exact) mass is 394 g/mol. The molecular formula is C16H28Cl2N4OS. The van der Waals surface area contributed by atoms with Gasteiger partial charge in [-0.05, 0) is 26.7 Å². The Morgan fingerprint density at radius 3 is 2.50 bits per heavy atom. The topological polar surface area (TPSA) is 62.5 Å². The Balaban J connectivity index is 0.00000144. The number of amides is 1. The van der Waals surface area contributed by atoms with Crippen LogP contribution in [0.5, 0.6) is 0 Å². The molecule has 1 saturated carbocycles. The highest BCUT2D eigenvalue weighted by atomic mass is 35.5. The molecule has 8 heteroatoms. The molecule has 2 N–H and O–H groups in total. The van der Waals surface area contributed by atoms with Gasteiger partial charge in [-0.25, -0.2) is 4.98 Å². The molecule has 3 rings (SSSR count). The molecule has 1 aromatic rings. The van der Waals surface area contributed by atoms with Gasteiger partial charge in [-0.1, -0.05) is 12.8 Å². The van der Waals surface area contributed by atoms with E-state index in [1.165, 1.54) is 0 Å². The number of aryl methyl sites for hydroxylation is 1. The number of hydrogen-bond acceptors (Lipinski definition) is 5. The Morgan fingerprint density at radius 2 is 1.96 bits per heavy atom. The Bertz CT molecular complexity index is 544. The van der Waals surface area contributed by atoms with Gasteiger partial charge in [0.25, 0.3) is 0 Å². The van der Waals surface area contributed by atoms with Crippen molar-refractivity contribution in [3.8, 4) is 0 Å². The Hall–Kier alpha value is -0.560. The maximum atomic E-state index is 12.8. The molecule has 1 aliphatic carbocycles. The third kappa shape index (κ3) is 4.54. The van der Waals surface area contributed by atoms with Crippen LogP contribution < -0.4 is 10.6 Å². The molecule has 2 atom stereocenters. The molecule has 1 saturated heterocycles. The van der Waals surface area contributed by atoms with Crippen molar-refractivity contribution in [2.75, 3.05) is 31.1 Å². The van der Waals surface area contributed by atoms with Crippen LogP contribution in [0, 0.1) is 12.8 Å². The second-order valence-electron chi connectivity index (χ2n) is 6.89. The molecule has 138 valence electrons. The standard InChI is InChI=1S/C16H26N4OS.2ClH/c1-12-11-22-15(18-12)20-9-7-19(8-10-20)14(21)13-5-3-4-6-16(13,2)17;;/h11,13H,3-10,17H2,1-2H3;2*1H. The van der Waals surface area contributed by atoms with E-state index >= 15 is 0 Å². The predicted octanol–water partition coefficient (Wildman–Crippen LogP) is 2.85. The first-order valence-corrected chi connectivity index (χ1v) is 9.10. The van der Waals surface area contributed by atoms with Gasteiger partial charge in [0.15, 0.2) is 5.13 Å². The van der Waals surface area contributed by atoms with Crippen molar-refractivity contribution in [2.24, 2.45) is 11.7 Å². The van der Waals surface area contributed by atoms with Gasteiger partial charge in [0.1, 0.15) is 0 Å². The van der Waals surface area contributed by atoms with Crippen LogP contribution in [0.15, 0.2) is 5.38 Å². The van der Waals surface area contributed by atoms with E-state index in [9.17, 15) is 4.79 Å². The average molecular weight is 395 g/mol. The van der Waals surface area contributed by atoms with Crippen molar-refractivity contribution in [3.63, 3.8) is 0 Å². The van der Waals surface area contributed by atoms with E-state index in [1.54, 1.807) is 11.3 Å². The molecular weight excluding hydrogens is 367 g/mol. The number of anilines is 1. The molecule has 24 heavy (non-hydrogen) atoms. The van der Waals surface area contributed by atoms with Gasteiger partial charge in [-0.2, -0.15) is 0 Å². The number of piperazine rings is 1. The number of thiazole rings is 1. The number of rotatable bonds is 2. The first-order valence-electron chi connectivity index (χ1n) is 8.22. The number of aromatic nitrogens is 1. The van der Waals surface area contributed by atoms with E-state index in [4.69, 9.17) is 5.73 Å². The maximum Gasteiger partial charge on any atom is 0.227 e. The normalized spacial score (nSPS) is 27.2. The van der Waals surface area contributed by atoms with Gasteiger partial charge in [-0.15, -0.1) is 36.2 Å². The highest BCUT2D eigenvalue weighted by Crippen LogP contribution is 2.33. The molecule has 0 bridgehead atoms. The van der Waals surface area contributed by atoms with Crippen LogP contribution in [0.2, 0.25) is 0 Å². The van der Waals surface area contributed by atoms with E-state index in [0.717, 1.165) is 62.7 Å². The van der Waals surface area contributed by atoms with Crippen LogP contribution >= 0.6 is 36.2 Å². The summed E-state index contributed by atoms with van der Waals surface area (Å²) >= 11 is 1.68. The van der Waals surface area contributed by atoms with Crippen molar-refractivity contribution in [1.29, 1.82) is 0 Å². The van der Waals surface area contributed by atoms with Crippen LogP contribution in [-0.4, -0.2) is 47.5 Å². The summed E-state index contributed by atoms with van der Waals surface area (Å²) in [5.41, 5.74) is 7.12. The second kappa shape index (κ2) is 8.70. The van der Waals surface area contributed by atoms with Crippen LogP contribution in [0.1, 0.15) is 38.3 Å². The zero-order valence-electron chi connectivity index (χ0n) is 14.4. The van der Waals surface area contributed by atoms with Gasteiger partial charge in [0, 0.05) is 37.1 Å². The lowest BCUT2D eigenvalue weighted by Gasteiger charge is -2.42. The minimum atomic E-state index is -0.334. The molecule has 0 spiro atoms. The van der Waals surface area contributed by atoms with Crippen molar-refractivity contribution < 1.29 is 4.79 Å². The number of halogens is 2. The lowest BCUT2D eigenvalue weighted by atomic mass is 9.74. The number of carbonyl (C=O) groups is 1. The molecule has 1 aromatic heterocycles. The zero-order valence-corrected chi connectivity index (χ0v) is 16.8. The van der Waals surface area contributed by atoms with E-state index < -0.39 is 0 Å². The number of carbonyl (C=O) groups excluding carboxylic acids is 1. The minimum absolute atomic E-state index is 0. The SMILES string of the molecule is Cc1csc(N2CCN(C(=O)C3CCCCC3(C)N)CC2)n1.Cl.Cl. The number of hydrogen-bond donors (Lipinski definition) is 1. The smallest absolute Gasteiger partial charge is 0.227 e. The third-order valence-corrected chi connectivity index (χ3v) is 6.04. The van der Waals surface area contributed by atoms with E-state index in [2.05, 4.69) is 15.3 Å². The largest absolute Gasteiger partial charge is 0.345 e. The van der Waals surface area contributed by atoms with Gasteiger partial charge >= 0.3 is 0 Å². The van der Waals surface area contributed by atoms with Gasteiger partial charge in [-0.3, -0.25) is 4.79 Å². The summed E-state index contributed by atoms with van der Waals surface area (Å²) < 4.78 is 0. The fourth-order valence-corrected chi connectivity index (χ4v) is 4.45. The third-order valence-electron chi connectivity index (χ3n) is 5.02. The Morgan fingerprint density at radius 1 is 1.29 bits per heavy atom. The van der Waals surface area contributed by atoms with Crippen molar-refractivity contribution in [2.45, 2.75) is 45.1 Å². The van der Waals surface area contributed by atoms with Crippen LogP contribution in [0.4, 0.5) is 5.13 Å². The molecule has 5 nitrogen and oxygen atoms in total. The summed E-state index contributed by atoms with van der Waals surface area (Å²) in [6, 6.07) is 0. The summed E-state index contributed by atoms with van der Waals surface area (Å²) in [5.74, 6) is 0.259. The quantitative estimate of drug-likeness (QED) is 0.837. The molecule has 2 aliphatic rings. The molecule has 2 fully saturated rings. The molecule has 2 unspecified atom stereocenters. The molecule has 2 heterocycles. The number of nitrogens with zero attached hydrogens (tertiary/aromatic N) is 3. The summed E-state index contributed by atoms with van der Waals surface area (Å²) in [5, 5.41) is 3.15. The van der Waals surface area contributed by atoms with E-state index in [0.29, 0.717) is 0 Å². The van der Waals surface area contributed by atoms with Crippen molar-refractivity contribution >= 4 is 47.2 Å². The van der Waals surface area contributed by atoms with Crippen molar-refractivity contribution in [3.05, 3.63) is 11.1 Å². The zero-order chi connectivity index (χ0) is 15.7. The first kappa shape index (κ1) is 21.5. The van der Waals surface area contributed by atoms with Gasteiger partial charge in [0.2, 0.25) is 5.91 Å². The number of nitrogens with two attached hydrogens (primary N) is 1. The van der Waals surface area contributed by atoms with Crippen molar-refractivity contribution in [1.82, 2.24) is 9.88 Å². The van der Waals surface area contributed by atoms with Crippen LogP contribution in [0.25, 0.3) is 0 Å². The lowest BCUT2D eigenvalue weighted by Crippen LogP contribution is -2.57. The molecule has 1 amide bonds. The fraction of sp³-hybridized carbons (Fsp3) is 0.750. The summed E-state index contributed by atoms with van der Waals surface area (Å²) in [6.07, 6.45) is 4.18. The maximum absolute atomic E-state index is 12.8. The summed E-state index contributed by atoms with van der Waals surface area (Å²) in [7, 11) is 0. The van der Waals surface area contributed by atoms with Crippen LogP contribution in [0.3, 0.4) is 0 Å². The van der Waals surface area contributed by atoms with E-state index in [1.807, 2.05) is 18.7 Å². The highest BCUT2D eigenvalue weighted by molar-refractivity contribution is 7.13. The first-order chi connectivity index (χ1) is 10.5. The summed E-state index contributed by atoms with van der Waals surface area (Å²) in [4.78, 5) is 21.7. The highest BCUT2D eigenvalue weighted by Gasteiger charge is 2.40. The average Bonchev–Trinajstić information content (AvgIpc) is 2.93. The summed E-state index contributed by atoms with van der Waals surface area (Å²) in [6.45, 7) is 7.36. The minimum Gasteiger partial charge on any atom is -0.345 e. The fourth-order valence-electron chi connectivity index (χ4n) is 3.59. The van der Waals surface area contributed by atoms with Gasteiger partial charge < -0.3 is 15.5 Å². The van der Waals surface area contributed by atoms with Gasteiger partial charge in [0.05, 0.1) is 11.6 Å². The predicted molar refractivity (Wildman–Crippen MR) is 105 cm³/mol. The lowest BCUT2D eigenvalue weighted by molar-refractivity contribution is -0.139. The second-order valence-corrected chi connectivity index (χ2v) is 7.72. The molecule has 0 aromatic carbocycles. The Labute approximate surface area is 160 Å².